The van der Waals surface area contributed by atoms with E-state index in [0.717, 1.165) is 0 Å². The van der Waals surface area contributed by atoms with Crippen LogP contribution in [0.1, 0.15) is 6.92 Å². The van der Waals surface area contributed by atoms with Gasteiger partial charge in [-0.1, -0.05) is 11.6 Å². The van der Waals surface area contributed by atoms with Crippen molar-refractivity contribution in [2.75, 3.05) is 6.61 Å². The minimum atomic E-state index is -0.0492. The van der Waals surface area contributed by atoms with Gasteiger partial charge in [0.05, 0.1) is 5.02 Å². The number of carbonyl (C=O) groups excluding carboxylic acids is 1. The summed E-state index contributed by atoms with van der Waals surface area (Å²) in [4.78, 5) is 14.5. The number of hydrogen-bond donors (Lipinski definition) is 0. The SMILES string of the molecule is CC(=O)COc1cc(Cl)cnc1Br. The van der Waals surface area contributed by atoms with Gasteiger partial charge in [0.2, 0.25) is 0 Å². The first-order chi connectivity index (χ1) is 6.09. The summed E-state index contributed by atoms with van der Waals surface area (Å²) in [5.41, 5.74) is 0. The van der Waals surface area contributed by atoms with Crippen molar-refractivity contribution in [3.8, 4) is 5.75 Å². The molecule has 0 spiro atoms. The van der Waals surface area contributed by atoms with E-state index in [9.17, 15) is 4.79 Å². The summed E-state index contributed by atoms with van der Waals surface area (Å²) in [5, 5.41) is 0.474. The van der Waals surface area contributed by atoms with Crippen molar-refractivity contribution in [1.82, 2.24) is 4.98 Å². The molecule has 0 fully saturated rings. The molecule has 1 heterocycles. The molecule has 0 atom stereocenters. The molecular formula is C8H7BrClNO2. The molecule has 0 radical (unpaired) electrons. The van der Waals surface area contributed by atoms with E-state index < -0.39 is 0 Å². The topological polar surface area (TPSA) is 39.2 Å². The molecule has 70 valence electrons. The van der Waals surface area contributed by atoms with Crippen LogP contribution >= 0.6 is 27.5 Å². The molecule has 0 bridgehead atoms. The Bertz CT molecular complexity index is 330. The molecule has 1 aromatic rings. The van der Waals surface area contributed by atoms with Gasteiger partial charge in [0.1, 0.15) is 11.2 Å². The van der Waals surface area contributed by atoms with Crippen molar-refractivity contribution in [3.05, 3.63) is 21.9 Å². The van der Waals surface area contributed by atoms with E-state index in [1.807, 2.05) is 0 Å². The van der Waals surface area contributed by atoms with E-state index in [1.165, 1.54) is 13.1 Å². The summed E-state index contributed by atoms with van der Waals surface area (Å²) in [6, 6.07) is 1.60. The average molecular weight is 265 g/mol. The Morgan fingerprint density at radius 2 is 2.46 bits per heavy atom. The Kier molecular flexibility index (Phi) is 3.69. The monoisotopic (exact) mass is 263 g/mol. The smallest absolute Gasteiger partial charge is 0.167 e. The zero-order valence-electron chi connectivity index (χ0n) is 6.88. The van der Waals surface area contributed by atoms with Crippen LogP contribution in [0.4, 0.5) is 0 Å². The van der Waals surface area contributed by atoms with Gasteiger partial charge in [0.25, 0.3) is 0 Å². The molecule has 1 aromatic heterocycles. The predicted molar refractivity (Wildman–Crippen MR) is 53.1 cm³/mol. The third-order valence-electron chi connectivity index (χ3n) is 1.20. The number of ketones is 1. The van der Waals surface area contributed by atoms with E-state index >= 15 is 0 Å². The zero-order valence-corrected chi connectivity index (χ0v) is 9.22. The second-order valence-corrected chi connectivity index (χ2v) is 3.62. The number of halogens is 2. The van der Waals surface area contributed by atoms with Crippen LogP contribution in [0.25, 0.3) is 0 Å². The summed E-state index contributed by atoms with van der Waals surface area (Å²) in [7, 11) is 0. The maximum atomic E-state index is 10.6. The minimum absolute atomic E-state index is 0.0284. The van der Waals surface area contributed by atoms with E-state index in [-0.39, 0.29) is 12.4 Å². The molecule has 0 aliphatic rings. The molecular weight excluding hydrogens is 257 g/mol. The Labute approximate surface area is 89.2 Å². The van der Waals surface area contributed by atoms with E-state index in [0.29, 0.717) is 15.4 Å². The lowest BCUT2D eigenvalue weighted by molar-refractivity contribution is -0.118. The maximum Gasteiger partial charge on any atom is 0.167 e. The first kappa shape index (κ1) is 10.5. The highest BCUT2D eigenvalue weighted by molar-refractivity contribution is 9.10. The number of pyridine rings is 1. The Balaban J connectivity index is 2.75. The second kappa shape index (κ2) is 4.58. The van der Waals surface area contributed by atoms with Crippen LogP contribution < -0.4 is 4.74 Å². The second-order valence-electron chi connectivity index (χ2n) is 2.43. The molecule has 5 heteroatoms. The summed E-state index contributed by atoms with van der Waals surface area (Å²) in [6.45, 7) is 1.48. The van der Waals surface area contributed by atoms with Crippen LogP contribution in [0.2, 0.25) is 5.02 Å². The lowest BCUT2D eigenvalue weighted by atomic mass is 10.4. The lowest BCUT2D eigenvalue weighted by Gasteiger charge is -2.05. The summed E-state index contributed by atoms with van der Waals surface area (Å²) in [6.07, 6.45) is 1.49. The average Bonchev–Trinajstić information content (AvgIpc) is 2.06. The first-order valence-electron chi connectivity index (χ1n) is 3.53. The number of nitrogens with zero attached hydrogens (tertiary/aromatic N) is 1. The van der Waals surface area contributed by atoms with Crippen LogP contribution in [0.5, 0.6) is 5.75 Å². The molecule has 0 N–H and O–H groups in total. The van der Waals surface area contributed by atoms with Crippen molar-refractivity contribution in [1.29, 1.82) is 0 Å². The van der Waals surface area contributed by atoms with Crippen molar-refractivity contribution in [2.24, 2.45) is 0 Å². The molecule has 0 amide bonds. The van der Waals surface area contributed by atoms with Crippen LogP contribution in [-0.2, 0) is 4.79 Å². The van der Waals surface area contributed by atoms with Gasteiger partial charge in [-0.25, -0.2) is 4.98 Å². The summed E-state index contributed by atoms with van der Waals surface area (Å²) in [5.74, 6) is 0.426. The zero-order chi connectivity index (χ0) is 9.84. The number of Topliss-reactive ketones (excluding diaryl/α,β-unsaturated/α-hetero) is 1. The molecule has 0 saturated carbocycles. The normalized spacial score (nSPS) is 9.77. The lowest BCUT2D eigenvalue weighted by Crippen LogP contribution is -2.07. The van der Waals surface area contributed by atoms with Gasteiger partial charge in [-0.15, -0.1) is 0 Å². The summed E-state index contributed by atoms with van der Waals surface area (Å²) >= 11 is 8.86. The van der Waals surface area contributed by atoms with E-state index in [1.54, 1.807) is 6.07 Å². The van der Waals surface area contributed by atoms with Gasteiger partial charge < -0.3 is 4.74 Å². The van der Waals surface area contributed by atoms with Gasteiger partial charge in [0, 0.05) is 12.3 Å². The van der Waals surface area contributed by atoms with Crippen molar-refractivity contribution >= 4 is 33.3 Å². The number of rotatable bonds is 3. The maximum absolute atomic E-state index is 10.6. The highest BCUT2D eigenvalue weighted by atomic mass is 79.9. The summed E-state index contributed by atoms with van der Waals surface area (Å²) < 4.78 is 5.68. The highest BCUT2D eigenvalue weighted by Gasteiger charge is 2.04. The molecule has 0 aromatic carbocycles. The van der Waals surface area contributed by atoms with E-state index in [2.05, 4.69) is 20.9 Å². The Morgan fingerprint density at radius 1 is 1.77 bits per heavy atom. The molecule has 0 unspecified atom stereocenters. The van der Waals surface area contributed by atoms with Crippen molar-refractivity contribution < 1.29 is 9.53 Å². The molecule has 13 heavy (non-hydrogen) atoms. The Hall–Kier alpha value is -0.610. The molecule has 0 saturated heterocycles. The van der Waals surface area contributed by atoms with Gasteiger partial charge in [-0.05, 0) is 22.9 Å². The number of carbonyl (C=O) groups is 1. The fraction of sp³-hybridized carbons (Fsp3) is 0.250. The van der Waals surface area contributed by atoms with Crippen LogP contribution in [-0.4, -0.2) is 17.4 Å². The standard InChI is InChI=1S/C8H7BrClNO2/c1-5(12)4-13-7-2-6(10)3-11-8(7)9/h2-3H,4H2,1H3. The van der Waals surface area contributed by atoms with Crippen LogP contribution in [0.3, 0.4) is 0 Å². The van der Waals surface area contributed by atoms with Gasteiger partial charge >= 0.3 is 0 Å². The van der Waals surface area contributed by atoms with Crippen LogP contribution in [0, 0.1) is 0 Å². The predicted octanol–water partition coefficient (Wildman–Crippen LogP) is 2.47. The van der Waals surface area contributed by atoms with Gasteiger partial charge in [-0.3, -0.25) is 4.79 Å². The minimum Gasteiger partial charge on any atom is -0.483 e. The third-order valence-corrected chi connectivity index (χ3v) is 2.01. The highest BCUT2D eigenvalue weighted by Crippen LogP contribution is 2.25. The quantitative estimate of drug-likeness (QED) is 0.787. The molecule has 0 aliphatic heterocycles. The van der Waals surface area contributed by atoms with Gasteiger partial charge in [-0.2, -0.15) is 0 Å². The largest absolute Gasteiger partial charge is 0.483 e. The first-order valence-corrected chi connectivity index (χ1v) is 4.70. The number of hydrogen-bond acceptors (Lipinski definition) is 3. The van der Waals surface area contributed by atoms with Crippen LogP contribution in [0.15, 0.2) is 16.9 Å². The van der Waals surface area contributed by atoms with E-state index in [4.69, 9.17) is 16.3 Å². The molecule has 1 rings (SSSR count). The molecule has 3 nitrogen and oxygen atoms in total. The van der Waals surface area contributed by atoms with Crippen molar-refractivity contribution in [3.63, 3.8) is 0 Å². The van der Waals surface area contributed by atoms with Gasteiger partial charge in [0.15, 0.2) is 11.5 Å². The number of ether oxygens (including phenoxy) is 1. The van der Waals surface area contributed by atoms with Crippen molar-refractivity contribution in [2.45, 2.75) is 6.92 Å². The number of aromatic nitrogens is 1. The molecule has 0 aliphatic carbocycles. The third kappa shape index (κ3) is 3.32. The fourth-order valence-electron chi connectivity index (χ4n) is 0.685. The fourth-order valence-corrected chi connectivity index (χ4v) is 1.16. The Morgan fingerprint density at radius 3 is 3.08 bits per heavy atom.